The molecule has 0 radical (unpaired) electrons. The van der Waals surface area contributed by atoms with Crippen LogP contribution in [0.25, 0.3) is 0 Å². The number of carbonyl (C=O) groups is 2. The fourth-order valence-corrected chi connectivity index (χ4v) is 2.51. The topological polar surface area (TPSA) is 85.9 Å². The van der Waals surface area contributed by atoms with E-state index in [-0.39, 0.29) is 11.9 Å². The molecular weight excluding hydrogens is 336 g/mol. The van der Waals surface area contributed by atoms with Crippen LogP contribution in [0.5, 0.6) is 11.5 Å². The molecule has 0 atom stereocenters. The van der Waals surface area contributed by atoms with Gasteiger partial charge >= 0.3 is 5.97 Å². The first-order valence-electron chi connectivity index (χ1n) is 8.27. The molecule has 0 unspecified atom stereocenters. The molecule has 0 saturated heterocycles. The second-order valence-electron chi connectivity index (χ2n) is 5.65. The van der Waals surface area contributed by atoms with Crippen LogP contribution in [-0.2, 0) is 9.53 Å². The molecule has 0 fully saturated rings. The maximum absolute atomic E-state index is 12.1. The van der Waals surface area contributed by atoms with E-state index in [0.29, 0.717) is 48.9 Å². The molecule has 3 rings (SSSR count). The molecule has 0 spiro atoms. The van der Waals surface area contributed by atoms with Crippen LogP contribution < -0.4 is 20.1 Å². The van der Waals surface area contributed by atoms with Crippen LogP contribution in [-0.4, -0.2) is 38.7 Å². The highest BCUT2D eigenvalue weighted by molar-refractivity contribution is 5.91. The van der Waals surface area contributed by atoms with Crippen molar-refractivity contribution in [3.63, 3.8) is 0 Å². The zero-order chi connectivity index (χ0) is 18.4. The monoisotopic (exact) mass is 356 g/mol. The number of hydrogen-bond acceptors (Lipinski definition) is 6. The molecule has 1 heterocycles. The van der Waals surface area contributed by atoms with E-state index in [9.17, 15) is 9.59 Å². The van der Waals surface area contributed by atoms with Gasteiger partial charge in [-0.15, -0.1) is 0 Å². The molecule has 1 aliphatic heterocycles. The van der Waals surface area contributed by atoms with Crippen LogP contribution in [0.3, 0.4) is 0 Å². The minimum Gasteiger partial charge on any atom is -0.486 e. The number of rotatable bonds is 6. The zero-order valence-electron chi connectivity index (χ0n) is 14.4. The van der Waals surface area contributed by atoms with Crippen molar-refractivity contribution in [2.45, 2.75) is 6.42 Å². The number of ether oxygens (including phenoxy) is 3. The van der Waals surface area contributed by atoms with Crippen LogP contribution in [0, 0.1) is 0 Å². The molecule has 136 valence electrons. The quantitative estimate of drug-likeness (QED) is 0.774. The van der Waals surface area contributed by atoms with Crippen LogP contribution in [0.1, 0.15) is 16.8 Å². The van der Waals surface area contributed by atoms with E-state index in [1.54, 1.807) is 42.5 Å². The van der Waals surface area contributed by atoms with E-state index in [0.717, 1.165) is 5.69 Å². The molecule has 0 aliphatic carbocycles. The Morgan fingerprint density at radius 2 is 1.69 bits per heavy atom. The molecular formula is C19H20N2O5. The second kappa shape index (κ2) is 8.24. The summed E-state index contributed by atoms with van der Waals surface area (Å²) in [6.07, 6.45) is 0.299. The Balaban J connectivity index is 1.46. The Kier molecular flexibility index (Phi) is 5.58. The molecule has 2 aromatic carbocycles. The minimum atomic E-state index is -0.379. The van der Waals surface area contributed by atoms with Gasteiger partial charge in [0.25, 0.3) is 0 Å². The van der Waals surface area contributed by atoms with E-state index >= 15 is 0 Å². The van der Waals surface area contributed by atoms with Gasteiger partial charge in [-0.2, -0.15) is 0 Å². The van der Waals surface area contributed by atoms with Gasteiger partial charge < -0.3 is 24.8 Å². The van der Waals surface area contributed by atoms with Crippen LogP contribution in [0.4, 0.5) is 11.4 Å². The van der Waals surface area contributed by atoms with Crippen LogP contribution >= 0.6 is 0 Å². The Labute approximate surface area is 151 Å². The number of nitrogens with one attached hydrogen (secondary N) is 2. The number of methoxy groups -OCH3 is 1. The number of hydrogen-bond donors (Lipinski definition) is 2. The Morgan fingerprint density at radius 1 is 1.00 bits per heavy atom. The standard InChI is InChI=1S/C19H20N2O5/c1-24-19(23)13-2-4-14(5-3-13)20-9-8-18(22)21-15-6-7-16-17(12-15)26-11-10-25-16/h2-7,12,20H,8-11H2,1H3,(H,21,22). The van der Waals surface area contributed by atoms with Gasteiger partial charge in [-0.25, -0.2) is 4.79 Å². The summed E-state index contributed by atoms with van der Waals surface area (Å²) in [6, 6.07) is 12.2. The van der Waals surface area contributed by atoms with Gasteiger partial charge in [-0.05, 0) is 36.4 Å². The highest BCUT2D eigenvalue weighted by atomic mass is 16.6. The molecule has 1 amide bonds. The van der Waals surface area contributed by atoms with Gasteiger partial charge in [0.15, 0.2) is 11.5 Å². The Bertz CT molecular complexity index is 789. The summed E-state index contributed by atoms with van der Waals surface area (Å²) in [4.78, 5) is 23.4. The summed E-state index contributed by atoms with van der Waals surface area (Å²) in [5.74, 6) is 0.833. The second-order valence-corrected chi connectivity index (χ2v) is 5.65. The lowest BCUT2D eigenvalue weighted by Gasteiger charge is -2.19. The van der Waals surface area contributed by atoms with E-state index in [2.05, 4.69) is 15.4 Å². The first kappa shape index (κ1) is 17.6. The summed E-state index contributed by atoms with van der Waals surface area (Å²) in [5.41, 5.74) is 1.97. The summed E-state index contributed by atoms with van der Waals surface area (Å²) in [6.45, 7) is 1.50. The third-order valence-corrected chi connectivity index (χ3v) is 3.81. The SMILES string of the molecule is COC(=O)c1ccc(NCCC(=O)Nc2ccc3c(c2)OCCO3)cc1. The van der Waals surface area contributed by atoms with Crippen molar-refractivity contribution in [2.75, 3.05) is 37.5 Å². The van der Waals surface area contributed by atoms with Gasteiger partial charge in [0, 0.05) is 30.4 Å². The molecule has 7 heteroatoms. The van der Waals surface area contributed by atoms with Crippen molar-refractivity contribution in [3.8, 4) is 11.5 Å². The van der Waals surface area contributed by atoms with Crippen molar-refractivity contribution < 1.29 is 23.8 Å². The maximum atomic E-state index is 12.1. The van der Waals surface area contributed by atoms with Crippen LogP contribution in [0.15, 0.2) is 42.5 Å². The van der Waals surface area contributed by atoms with E-state index in [4.69, 9.17) is 9.47 Å². The smallest absolute Gasteiger partial charge is 0.337 e. The van der Waals surface area contributed by atoms with Gasteiger partial charge in [0.2, 0.25) is 5.91 Å². The molecule has 7 nitrogen and oxygen atoms in total. The molecule has 2 N–H and O–H groups in total. The van der Waals surface area contributed by atoms with Crippen molar-refractivity contribution in [1.29, 1.82) is 0 Å². The van der Waals surface area contributed by atoms with E-state index < -0.39 is 0 Å². The van der Waals surface area contributed by atoms with Gasteiger partial charge in [-0.1, -0.05) is 0 Å². The first-order chi connectivity index (χ1) is 12.7. The summed E-state index contributed by atoms with van der Waals surface area (Å²) in [7, 11) is 1.34. The van der Waals surface area contributed by atoms with Crippen molar-refractivity contribution in [3.05, 3.63) is 48.0 Å². The fraction of sp³-hybridized carbons (Fsp3) is 0.263. The first-order valence-corrected chi connectivity index (χ1v) is 8.27. The fourth-order valence-electron chi connectivity index (χ4n) is 2.51. The lowest BCUT2D eigenvalue weighted by atomic mass is 10.2. The predicted octanol–water partition coefficient (Wildman–Crippen LogP) is 2.69. The van der Waals surface area contributed by atoms with Gasteiger partial charge in [0.05, 0.1) is 12.7 Å². The van der Waals surface area contributed by atoms with E-state index in [1.165, 1.54) is 7.11 Å². The molecule has 0 saturated carbocycles. The van der Waals surface area contributed by atoms with Gasteiger partial charge in [0.1, 0.15) is 13.2 Å². The average Bonchev–Trinajstić information content (AvgIpc) is 2.68. The molecule has 1 aliphatic rings. The normalized spacial score (nSPS) is 12.2. The predicted molar refractivity (Wildman–Crippen MR) is 96.9 cm³/mol. The molecule has 0 aromatic heterocycles. The Morgan fingerprint density at radius 3 is 2.42 bits per heavy atom. The summed E-state index contributed by atoms with van der Waals surface area (Å²) in [5, 5.41) is 5.97. The van der Waals surface area contributed by atoms with E-state index in [1.807, 2.05) is 0 Å². The number of fused-ring (bicyclic) bond motifs is 1. The number of amides is 1. The molecule has 0 bridgehead atoms. The van der Waals surface area contributed by atoms with Crippen molar-refractivity contribution >= 4 is 23.3 Å². The highest BCUT2D eigenvalue weighted by Crippen LogP contribution is 2.32. The number of esters is 1. The lowest BCUT2D eigenvalue weighted by molar-refractivity contribution is -0.115. The van der Waals surface area contributed by atoms with Crippen LogP contribution in [0.2, 0.25) is 0 Å². The largest absolute Gasteiger partial charge is 0.486 e. The molecule has 2 aromatic rings. The van der Waals surface area contributed by atoms with Crippen molar-refractivity contribution in [1.82, 2.24) is 0 Å². The highest BCUT2D eigenvalue weighted by Gasteiger charge is 2.12. The lowest BCUT2D eigenvalue weighted by Crippen LogP contribution is -2.18. The number of anilines is 2. The third kappa shape index (κ3) is 4.44. The summed E-state index contributed by atoms with van der Waals surface area (Å²) >= 11 is 0. The maximum Gasteiger partial charge on any atom is 0.337 e. The Hall–Kier alpha value is -3.22. The minimum absolute atomic E-state index is 0.111. The number of carbonyl (C=O) groups excluding carboxylic acids is 2. The average molecular weight is 356 g/mol. The zero-order valence-corrected chi connectivity index (χ0v) is 14.4. The van der Waals surface area contributed by atoms with Crippen molar-refractivity contribution in [2.24, 2.45) is 0 Å². The number of benzene rings is 2. The third-order valence-electron chi connectivity index (χ3n) is 3.81. The molecule has 26 heavy (non-hydrogen) atoms. The summed E-state index contributed by atoms with van der Waals surface area (Å²) < 4.78 is 15.6. The van der Waals surface area contributed by atoms with Gasteiger partial charge in [-0.3, -0.25) is 4.79 Å².